The second-order valence-corrected chi connectivity index (χ2v) is 6.41. The molecule has 80 valence electrons. The molecule has 2 N–H and O–H groups in total. The van der Waals surface area contributed by atoms with Gasteiger partial charge in [0.15, 0.2) is 0 Å². The van der Waals surface area contributed by atoms with Crippen LogP contribution in [0.2, 0.25) is 0 Å². The first-order valence-electron chi connectivity index (χ1n) is 4.23. The molecule has 0 bridgehead atoms. The van der Waals surface area contributed by atoms with Gasteiger partial charge in [-0.3, -0.25) is 0 Å². The summed E-state index contributed by atoms with van der Waals surface area (Å²) in [5, 5.41) is 0. The molecular formula is C8H13FIN4-. The molecule has 1 aromatic heterocycles. The minimum atomic E-state index is -1.55. The summed E-state index contributed by atoms with van der Waals surface area (Å²) in [5.74, 6) is 0.247. The van der Waals surface area contributed by atoms with Gasteiger partial charge in [0.05, 0.1) is 0 Å². The summed E-state index contributed by atoms with van der Waals surface area (Å²) in [6, 6.07) is 0. The molecule has 0 aliphatic carbocycles. The van der Waals surface area contributed by atoms with E-state index < -0.39 is 5.67 Å². The molecule has 0 aliphatic heterocycles. The number of halogens is 2. The summed E-state index contributed by atoms with van der Waals surface area (Å²) < 4.78 is 15.2. The molecular weight excluding hydrogens is 298 g/mol. The van der Waals surface area contributed by atoms with E-state index in [-0.39, 0.29) is 33.0 Å². The van der Waals surface area contributed by atoms with Crippen LogP contribution in [0.5, 0.6) is 0 Å². The molecule has 0 unspecified atom stereocenters. The fraction of sp³-hybridized carbons (Fsp3) is 0.625. The second kappa shape index (κ2) is 4.33. The Bertz CT molecular complexity index is 324. The van der Waals surface area contributed by atoms with Gasteiger partial charge in [0, 0.05) is 0 Å². The second-order valence-electron chi connectivity index (χ2n) is 3.16. The van der Waals surface area contributed by atoms with Crippen molar-refractivity contribution < 1.29 is 25.6 Å². The van der Waals surface area contributed by atoms with E-state index in [0.29, 0.717) is 3.83 Å². The average molecular weight is 311 g/mol. The Morgan fingerprint density at radius 2 is 2.00 bits per heavy atom. The molecule has 0 amide bonds. The normalized spacial score (nSPS) is 12.0. The van der Waals surface area contributed by atoms with Gasteiger partial charge in [-0.25, -0.2) is 0 Å². The van der Waals surface area contributed by atoms with E-state index in [1.807, 2.05) is 6.92 Å². The van der Waals surface area contributed by atoms with Crippen LogP contribution in [0.1, 0.15) is 26.6 Å². The van der Waals surface area contributed by atoms with Gasteiger partial charge in [0.25, 0.3) is 0 Å². The Balaban J connectivity index is 3.07. The van der Waals surface area contributed by atoms with Crippen LogP contribution >= 0.6 is 0 Å². The van der Waals surface area contributed by atoms with E-state index in [1.165, 1.54) is 13.8 Å². The van der Waals surface area contributed by atoms with Gasteiger partial charge in [0.1, 0.15) is 0 Å². The molecule has 1 aromatic rings. The standard InChI is InChI=1S/C8H13FIN4/c1-4-10-6-12-5(8(2,3)9)13-7(11)14-6/h4H2,1-3H3,(H2,11,12,13,14)/q-1. The first-order chi connectivity index (χ1) is 6.43. The number of alkyl halides is 2. The zero-order valence-corrected chi connectivity index (χ0v) is 10.5. The van der Waals surface area contributed by atoms with E-state index in [9.17, 15) is 4.39 Å². The molecule has 0 aliphatic rings. The zero-order valence-electron chi connectivity index (χ0n) is 8.38. The molecule has 4 nitrogen and oxygen atoms in total. The van der Waals surface area contributed by atoms with E-state index in [0.717, 1.165) is 4.43 Å². The van der Waals surface area contributed by atoms with Crippen LogP contribution in [-0.2, 0) is 5.67 Å². The number of nitrogens with zero attached hydrogens (tertiary/aromatic N) is 3. The molecule has 6 heteroatoms. The summed E-state index contributed by atoms with van der Waals surface area (Å²) in [6.45, 7) is 4.87. The van der Waals surface area contributed by atoms with E-state index in [1.54, 1.807) is 0 Å². The van der Waals surface area contributed by atoms with Crippen molar-refractivity contribution in [2.24, 2.45) is 0 Å². The van der Waals surface area contributed by atoms with Gasteiger partial charge in [-0.1, -0.05) is 0 Å². The predicted octanol–water partition coefficient (Wildman–Crippen LogP) is -2.06. The maximum atomic E-state index is 13.5. The van der Waals surface area contributed by atoms with Crippen LogP contribution in [0.15, 0.2) is 0 Å². The third kappa shape index (κ3) is 3.00. The Labute approximate surface area is 92.8 Å². The summed E-state index contributed by atoms with van der Waals surface area (Å²) in [7, 11) is 0. The number of aromatic nitrogens is 3. The van der Waals surface area contributed by atoms with Crippen molar-refractivity contribution in [2.75, 3.05) is 10.2 Å². The van der Waals surface area contributed by atoms with Gasteiger partial charge in [0.2, 0.25) is 0 Å². The minimum absolute atomic E-state index is 0.115. The van der Waals surface area contributed by atoms with Gasteiger partial charge in [-0.05, 0) is 0 Å². The van der Waals surface area contributed by atoms with Crippen molar-refractivity contribution >= 4 is 5.95 Å². The fourth-order valence-electron chi connectivity index (χ4n) is 0.811. The molecule has 0 spiro atoms. The Kier molecular flexibility index (Phi) is 3.57. The molecule has 1 heterocycles. The van der Waals surface area contributed by atoms with Crippen molar-refractivity contribution in [3.63, 3.8) is 0 Å². The summed E-state index contributed by atoms with van der Waals surface area (Å²) in [6.07, 6.45) is 0. The van der Waals surface area contributed by atoms with E-state index in [4.69, 9.17) is 5.73 Å². The van der Waals surface area contributed by atoms with Crippen molar-refractivity contribution in [1.29, 1.82) is 0 Å². The van der Waals surface area contributed by atoms with E-state index >= 15 is 0 Å². The quantitative estimate of drug-likeness (QED) is 0.515. The number of hydrogen-bond acceptors (Lipinski definition) is 4. The zero-order chi connectivity index (χ0) is 10.8. The summed E-state index contributed by atoms with van der Waals surface area (Å²) >= 11 is -0.261. The number of anilines is 1. The van der Waals surface area contributed by atoms with Crippen LogP contribution in [0.25, 0.3) is 0 Å². The van der Waals surface area contributed by atoms with Gasteiger partial charge in [-0.15, -0.1) is 0 Å². The third-order valence-corrected chi connectivity index (χ3v) is 3.34. The molecule has 0 atom stereocenters. The molecule has 0 radical (unpaired) electrons. The predicted molar refractivity (Wildman–Crippen MR) is 47.6 cm³/mol. The van der Waals surface area contributed by atoms with Gasteiger partial charge in [-0.2, -0.15) is 0 Å². The van der Waals surface area contributed by atoms with Crippen LogP contribution in [0.4, 0.5) is 10.3 Å². The fourth-order valence-corrected chi connectivity index (χ4v) is 2.31. The van der Waals surface area contributed by atoms with E-state index in [2.05, 4.69) is 15.0 Å². The number of rotatable bonds is 3. The van der Waals surface area contributed by atoms with Crippen LogP contribution < -0.4 is 26.9 Å². The number of hydrogen-bond donors (Lipinski definition) is 1. The molecule has 14 heavy (non-hydrogen) atoms. The molecule has 0 saturated heterocycles. The monoisotopic (exact) mass is 311 g/mol. The SMILES string of the molecule is CC[I-]c1nc(N)nc(C(C)(C)F)n1. The Hall–Kier alpha value is -0.530. The van der Waals surface area contributed by atoms with Crippen molar-refractivity contribution in [1.82, 2.24) is 15.0 Å². The first kappa shape index (κ1) is 11.5. The van der Waals surface area contributed by atoms with Crippen molar-refractivity contribution in [3.8, 4) is 0 Å². The van der Waals surface area contributed by atoms with Crippen LogP contribution in [0, 0.1) is 3.83 Å². The molecule has 0 saturated carbocycles. The molecule has 0 fully saturated rings. The van der Waals surface area contributed by atoms with Crippen molar-refractivity contribution in [2.45, 2.75) is 26.4 Å². The number of nitrogen functional groups attached to an aromatic ring is 1. The summed E-state index contributed by atoms with van der Waals surface area (Å²) in [5.41, 5.74) is 3.92. The first-order valence-corrected chi connectivity index (χ1v) is 6.84. The van der Waals surface area contributed by atoms with Gasteiger partial charge >= 0.3 is 92.8 Å². The topological polar surface area (TPSA) is 64.7 Å². The van der Waals surface area contributed by atoms with Crippen LogP contribution in [0.3, 0.4) is 0 Å². The van der Waals surface area contributed by atoms with Crippen molar-refractivity contribution in [3.05, 3.63) is 9.66 Å². The molecule has 0 aromatic carbocycles. The van der Waals surface area contributed by atoms with Gasteiger partial charge < -0.3 is 0 Å². The maximum absolute atomic E-state index is 13.5. The summed E-state index contributed by atoms with van der Waals surface area (Å²) in [4.78, 5) is 11.8. The Morgan fingerprint density at radius 3 is 2.50 bits per heavy atom. The number of nitrogens with two attached hydrogens (primary N) is 1. The third-order valence-electron chi connectivity index (χ3n) is 1.41. The van der Waals surface area contributed by atoms with Crippen LogP contribution in [-0.4, -0.2) is 19.4 Å². The Morgan fingerprint density at radius 1 is 1.36 bits per heavy atom. The average Bonchev–Trinajstić information content (AvgIpc) is 2.02. The molecule has 1 rings (SSSR count).